The number of esters is 1. The predicted octanol–water partition coefficient (Wildman–Crippen LogP) is 3.16. The standard InChI is InChI=1S/C11H11BrF3NO2/c1-2-18-9(17)4-8-6(5-12)3-7(10(13)14)11(15)16-8/h3,10H,2,4-5H2,1H3. The molecule has 0 saturated heterocycles. The number of alkyl halides is 3. The summed E-state index contributed by atoms with van der Waals surface area (Å²) in [6.07, 6.45) is -3.18. The molecule has 3 nitrogen and oxygen atoms in total. The van der Waals surface area contributed by atoms with Crippen molar-refractivity contribution in [2.24, 2.45) is 0 Å². The van der Waals surface area contributed by atoms with Gasteiger partial charge in [0.05, 0.1) is 24.3 Å². The number of rotatable bonds is 5. The van der Waals surface area contributed by atoms with Crippen LogP contribution in [0.15, 0.2) is 6.07 Å². The first-order chi connectivity index (χ1) is 8.49. The van der Waals surface area contributed by atoms with Gasteiger partial charge in [0.1, 0.15) is 0 Å². The summed E-state index contributed by atoms with van der Waals surface area (Å²) < 4.78 is 42.9. The Morgan fingerprint density at radius 1 is 1.56 bits per heavy atom. The van der Waals surface area contributed by atoms with Crippen LogP contribution in [0.1, 0.15) is 30.2 Å². The minimum Gasteiger partial charge on any atom is -0.466 e. The molecule has 7 heteroatoms. The number of aromatic nitrogens is 1. The fourth-order valence-electron chi connectivity index (χ4n) is 1.36. The van der Waals surface area contributed by atoms with Crippen molar-refractivity contribution >= 4 is 21.9 Å². The molecule has 0 amide bonds. The third-order valence-corrected chi connectivity index (χ3v) is 2.77. The van der Waals surface area contributed by atoms with Gasteiger partial charge in [-0.05, 0) is 18.6 Å². The highest BCUT2D eigenvalue weighted by Gasteiger charge is 2.19. The second-order valence-corrected chi connectivity index (χ2v) is 3.95. The normalized spacial score (nSPS) is 10.8. The summed E-state index contributed by atoms with van der Waals surface area (Å²) in [6, 6.07) is 1.01. The van der Waals surface area contributed by atoms with E-state index in [2.05, 4.69) is 20.9 Å². The molecule has 1 heterocycles. The fraction of sp³-hybridized carbons (Fsp3) is 0.455. The van der Waals surface area contributed by atoms with Gasteiger partial charge in [-0.15, -0.1) is 0 Å². The summed E-state index contributed by atoms with van der Waals surface area (Å²) in [5.41, 5.74) is -0.316. The number of carbonyl (C=O) groups excluding carboxylic acids is 1. The van der Waals surface area contributed by atoms with Gasteiger partial charge in [0.25, 0.3) is 6.43 Å². The average Bonchev–Trinajstić information content (AvgIpc) is 2.29. The Morgan fingerprint density at radius 3 is 2.72 bits per heavy atom. The van der Waals surface area contributed by atoms with E-state index < -0.39 is 23.9 Å². The van der Waals surface area contributed by atoms with Crippen LogP contribution in [0, 0.1) is 5.95 Å². The van der Waals surface area contributed by atoms with Gasteiger partial charge in [0, 0.05) is 5.33 Å². The maximum Gasteiger partial charge on any atom is 0.311 e. The lowest BCUT2D eigenvalue weighted by molar-refractivity contribution is -0.142. The highest BCUT2D eigenvalue weighted by Crippen LogP contribution is 2.24. The highest BCUT2D eigenvalue weighted by atomic mass is 79.9. The van der Waals surface area contributed by atoms with E-state index in [4.69, 9.17) is 4.74 Å². The van der Waals surface area contributed by atoms with Crippen molar-refractivity contribution < 1.29 is 22.7 Å². The first-order valence-electron chi connectivity index (χ1n) is 5.17. The summed E-state index contributed by atoms with van der Waals surface area (Å²) in [6.45, 7) is 1.83. The Labute approximate surface area is 110 Å². The van der Waals surface area contributed by atoms with Gasteiger partial charge in [0.2, 0.25) is 5.95 Å². The van der Waals surface area contributed by atoms with E-state index in [0.717, 1.165) is 6.07 Å². The van der Waals surface area contributed by atoms with Crippen LogP contribution in [-0.4, -0.2) is 17.6 Å². The molecule has 0 aliphatic carbocycles. The van der Waals surface area contributed by atoms with E-state index in [1.165, 1.54) is 0 Å². The van der Waals surface area contributed by atoms with Gasteiger partial charge in [-0.2, -0.15) is 4.39 Å². The van der Waals surface area contributed by atoms with Crippen LogP contribution in [0.3, 0.4) is 0 Å². The fourth-order valence-corrected chi connectivity index (χ4v) is 1.84. The molecule has 100 valence electrons. The zero-order valence-corrected chi connectivity index (χ0v) is 11.1. The molecule has 0 spiro atoms. The summed E-state index contributed by atoms with van der Waals surface area (Å²) in [4.78, 5) is 14.7. The molecule has 0 saturated carbocycles. The van der Waals surface area contributed by atoms with Crippen LogP contribution in [0.5, 0.6) is 0 Å². The molecule has 18 heavy (non-hydrogen) atoms. The van der Waals surface area contributed by atoms with Crippen LogP contribution in [0.4, 0.5) is 13.2 Å². The molecule has 0 bridgehead atoms. The van der Waals surface area contributed by atoms with Crippen molar-refractivity contribution in [3.8, 4) is 0 Å². The van der Waals surface area contributed by atoms with E-state index >= 15 is 0 Å². The SMILES string of the molecule is CCOC(=O)Cc1nc(F)c(C(F)F)cc1CBr. The summed E-state index contributed by atoms with van der Waals surface area (Å²) in [5, 5.41) is 0.203. The molecule has 0 aromatic carbocycles. The van der Waals surface area contributed by atoms with Gasteiger partial charge in [-0.1, -0.05) is 15.9 Å². The van der Waals surface area contributed by atoms with Crippen molar-refractivity contribution in [2.45, 2.75) is 25.1 Å². The van der Waals surface area contributed by atoms with Gasteiger partial charge < -0.3 is 4.74 Å². The zero-order valence-electron chi connectivity index (χ0n) is 9.55. The van der Waals surface area contributed by atoms with Crippen molar-refractivity contribution in [3.63, 3.8) is 0 Å². The lowest BCUT2D eigenvalue weighted by Crippen LogP contribution is -2.12. The Morgan fingerprint density at radius 2 is 2.22 bits per heavy atom. The lowest BCUT2D eigenvalue weighted by atomic mass is 10.1. The topological polar surface area (TPSA) is 39.2 Å². The number of ether oxygens (including phenoxy) is 1. The molecular weight excluding hydrogens is 315 g/mol. The van der Waals surface area contributed by atoms with Crippen molar-refractivity contribution in [2.75, 3.05) is 6.61 Å². The molecule has 0 unspecified atom stereocenters. The highest BCUT2D eigenvalue weighted by molar-refractivity contribution is 9.08. The minimum absolute atomic E-state index is 0.104. The van der Waals surface area contributed by atoms with E-state index in [1.54, 1.807) is 6.92 Å². The van der Waals surface area contributed by atoms with E-state index in [1.807, 2.05) is 0 Å². The molecule has 0 fully saturated rings. The van der Waals surface area contributed by atoms with Crippen LogP contribution >= 0.6 is 15.9 Å². The van der Waals surface area contributed by atoms with E-state index in [-0.39, 0.29) is 24.1 Å². The summed E-state index contributed by atoms with van der Waals surface area (Å²) >= 11 is 3.09. The first-order valence-corrected chi connectivity index (χ1v) is 6.29. The summed E-state index contributed by atoms with van der Waals surface area (Å²) in [5.74, 6) is -1.83. The minimum atomic E-state index is -2.94. The summed E-state index contributed by atoms with van der Waals surface area (Å²) in [7, 11) is 0. The molecule has 0 aliphatic rings. The third-order valence-electron chi connectivity index (χ3n) is 2.17. The van der Waals surface area contributed by atoms with Gasteiger partial charge in [0.15, 0.2) is 0 Å². The maximum atomic E-state index is 13.3. The largest absolute Gasteiger partial charge is 0.466 e. The predicted molar refractivity (Wildman–Crippen MR) is 62.1 cm³/mol. The van der Waals surface area contributed by atoms with Crippen molar-refractivity contribution in [3.05, 3.63) is 28.8 Å². The second kappa shape index (κ2) is 6.72. The third kappa shape index (κ3) is 3.69. The monoisotopic (exact) mass is 325 g/mol. The molecule has 0 N–H and O–H groups in total. The smallest absolute Gasteiger partial charge is 0.311 e. The first kappa shape index (κ1) is 14.9. The number of carbonyl (C=O) groups is 1. The molecule has 1 rings (SSSR count). The number of halogens is 4. The van der Waals surface area contributed by atoms with Gasteiger partial charge >= 0.3 is 5.97 Å². The number of pyridine rings is 1. The Balaban J connectivity index is 3.05. The quantitative estimate of drug-likeness (QED) is 0.474. The number of hydrogen-bond donors (Lipinski definition) is 0. The van der Waals surface area contributed by atoms with Crippen LogP contribution in [0.25, 0.3) is 0 Å². The van der Waals surface area contributed by atoms with Crippen molar-refractivity contribution in [1.82, 2.24) is 4.98 Å². The van der Waals surface area contributed by atoms with Gasteiger partial charge in [-0.25, -0.2) is 13.8 Å². The number of nitrogens with zero attached hydrogens (tertiary/aromatic N) is 1. The Kier molecular flexibility index (Phi) is 5.58. The molecular formula is C11H11BrF3NO2. The molecule has 0 radical (unpaired) electrons. The Bertz CT molecular complexity index is 441. The Hall–Kier alpha value is -1.11. The van der Waals surface area contributed by atoms with Crippen molar-refractivity contribution in [1.29, 1.82) is 0 Å². The second-order valence-electron chi connectivity index (χ2n) is 3.39. The molecule has 0 atom stereocenters. The van der Waals surface area contributed by atoms with Crippen LogP contribution in [-0.2, 0) is 21.3 Å². The maximum absolute atomic E-state index is 13.3. The van der Waals surface area contributed by atoms with Crippen LogP contribution < -0.4 is 0 Å². The van der Waals surface area contributed by atoms with E-state index in [9.17, 15) is 18.0 Å². The van der Waals surface area contributed by atoms with Gasteiger partial charge in [-0.3, -0.25) is 4.79 Å². The average molecular weight is 326 g/mol. The molecule has 1 aromatic heterocycles. The lowest BCUT2D eigenvalue weighted by Gasteiger charge is -2.09. The van der Waals surface area contributed by atoms with Crippen LogP contribution in [0.2, 0.25) is 0 Å². The zero-order chi connectivity index (χ0) is 13.7. The molecule has 0 aliphatic heterocycles. The molecule has 1 aromatic rings. The van der Waals surface area contributed by atoms with E-state index in [0.29, 0.717) is 5.56 Å². The number of hydrogen-bond acceptors (Lipinski definition) is 3.